The molecule has 0 aromatic heterocycles. The van der Waals surface area contributed by atoms with Gasteiger partial charge in [0.05, 0.1) is 31.5 Å². The molecule has 1 aromatic rings. The first kappa shape index (κ1) is 13.4. The van der Waals surface area contributed by atoms with Crippen molar-refractivity contribution in [3.8, 4) is 17.2 Å². The number of rotatable bonds is 4. The lowest BCUT2D eigenvalue weighted by Crippen LogP contribution is -2.04. The summed E-state index contributed by atoms with van der Waals surface area (Å²) < 4.78 is 16.7. The van der Waals surface area contributed by atoms with Gasteiger partial charge in [0.25, 0.3) is 0 Å². The highest BCUT2D eigenvalue weighted by Crippen LogP contribution is 2.44. The molecule has 0 aliphatic carbocycles. The van der Waals surface area contributed by atoms with Crippen LogP contribution in [0.25, 0.3) is 0 Å². The van der Waals surface area contributed by atoms with Gasteiger partial charge in [0.1, 0.15) is 5.75 Å². The summed E-state index contributed by atoms with van der Waals surface area (Å²) in [5.41, 5.74) is 1.55. The van der Waals surface area contributed by atoms with Crippen molar-refractivity contribution in [1.29, 1.82) is 0 Å². The van der Waals surface area contributed by atoms with E-state index in [1.165, 1.54) is 0 Å². The molecule has 0 atom stereocenters. The van der Waals surface area contributed by atoms with Crippen molar-refractivity contribution < 1.29 is 19.3 Å². The van der Waals surface area contributed by atoms with E-state index in [1.54, 1.807) is 21.3 Å². The second-order valence-electron chi connectivity index (χ2n) is 3.18. The fraction of sp³-hybridized carbons (Fsp3) is 0.455. The Morgan fingerprint density at radius 3 is 1.88 bits per heavy atom. The number of aliphatic hydroxyl groups excluding tert-OH is 1. The summed E-state index contributed by atoms with van der Waals surface area (Å²) in [5, 5.41) is 9.37. The Bertz CT molecular complexity index is 359. The molecule has 4 nitrogen and oxygen atoms in total. The van der Waals surface area contributed by atoms with E-state index < -0.39 is 0 Å². The number of benzene rings is 1. The van der Waals surface area contributed by atoms with E-state index in [9.17, 15) is 5.11 Å². The molecule has 0 amide bonds. The smallest absolute Gasteiger partial charge is 0.167 e. The summed E-state index contributed by atoms with van der Waals surface area (Å²) in [7, 11) is 4.72. The molecule has 0 aliphatic heterocycles. The molecule has 0 unspecified atom stereocenters. The first-order valence-corrected chi connectivity index (χ1v) is 5.77. The van der Waals surface area contributed by atoms with Crippen LogP contribution in [0.4, 0.5) is 0 Å². The predicted molar refractivity (Wildman–Crippen MR) is 69.5 cm³/mol. The third kappa shape index (κ3) is 2.06. The highest BCUT2D eigenvalue weighted by atomic mass is 127. The van der Waals surface area contributed by atoms with Crippen molar-refractivity contribution in [2.75, 3.05) is 21.3 Å². The lowest BCUT2D eigenvalue weighted by molar-refractivity contribution is 0.266. The monoisotopic (exact) mass is 338 g/mol. The number of aliphatic hydroxyl groups is 1. The molecule has 5 heteroatoms. The van der Waals surface area contributed by atoms with E-state index in [4.69, 9.17) is 14.2 Å². The van der Waals surface area contributed by atoms with Crippen LogP contribution in [0.3, 0.4) is 0 Å². The van der Waals surface area contributed by atoms with Gasteiger partial charge in [-0.1, -0.05) is 0 Å². The van der Waals surface area contributed by atoms with Crippen LogP contribution in [-0.2, 0) is 6.61 Å². The number of ether oxygens (including phenoxy) is 3. The minimum absolute atomic E-state index is 0.117. The fourth-order valence-electron chi connectivity index (χ4n) is 1.66. The van der Waals surface area contributed by atoms with Crippen molar-refractivity contribution in [2.45, 2.75) is 13.5 Å². The minimum Gasteiger partial charge on any atom is -0.495 e. The van der Waals surface area contributed by atoms with Crippen molar-refractivity contribution in [2.24, 2.45) is 0 Å². The summed E-state index contributed by atoms with van der Waals surface area (Å²) >= 11 is 2.13. The Kier molecular flexibility index (Phi) is 4.67. The average molecular weight is 338 g/mol. The maximum Gasteiger partial charge on any atom is 0.167 e. The Labute approximate surface area is 109 Å². The van der Waals surface area contributed by atoms with Gasteiger partial charge in [0.15, 0.2) is 11.5 Å². The van der Waals surface area contributed by atoms with Crippen LogP contribution < -0.4 is 14.2 Å². The van der Waals surface area contributed by atoms with E-state index in [0.717, 1.165) is 9.13 Å². The van der Waals surface area contributed by atoms with Crippen LogP contribution in [-0.4, -0.2) is 26.4 Å². The number of hydrogen-bond donors (Lipinski definition) is 1. The highest BCUT2D eigenvalue weighted by Gasteiger charge is 2.22. The molecule has 0 spiro atoms. The van der Waals surface area contributed by atoms with Crippen LogP contribution in [0.2, 0.25) is 0 Å². The van der Waals surface area contributed by atoms with Crippen LogP contribution >= 0.6 is 22.6 Å². The standard InChI is InChI=1S/C11H15IO4/c1-6-9(14-2)8(12)7(5-13)11(16-4)10(6)15-3/h13H,5H2,1-4H3. The van der Waals surface area contributed by atoms with E-state index in [2.05, 4.69) is 22.6 Å². The maximum absolute atomic E-state index is 9.37. The summed E-state index contributed by atoms with van der Waals surface area (Å²) in [5.74, 6) is 1.87. The van der Waals surface area contributed by atoms with Gasteiger partial charge in [-0.2, -0.15) is 0 Å². The Morgan fingerprint density at radius 1 is 1.00 bits per heavy atom. The summed E-state index contributed by atoms with van der Waals surface area (Å²) in [6, 6.07) is 0. The normalized spacial score (nSPS) is 10.1. The largest absolute Gasteiger partial charge is 0.495 e. The summed E-state index contributed by atoms with van der Waals surface area (Å²) in [4.78, 5) is 0. The molecule has 1 N–H and O–H groups in total. The highest BCUT2D eigenvalue weighted by molar-refractivity contribution is 14.1. The first-order chi connectivity index (χ1) is 7.62. The second-order valence-corrected chi connectivity index (χ2v) is 4.25. The first-order valence-electron chi connectivity index (χ1n) is 4.70. The molecule has 0 radical (unpaired) electrons. The van der Waals surface area contributed by atoms with E-state index in [1.807, 2.05) is 6.92 Å². The zero-order valence-corrected chi connectivity index (χ0v) is 11.9. The van der Waals surface area contributed by atoms with Gasteiger partial charge in [-0.3, -0.25) is 0 Å². The molecule has 0 aliphatic rings. The molecule has 0 fully saturated rings. The molecule has 16 heavy (non-hydrogen) atoms. The minimum atomic E-state index is -0.117. The quantitative estimate of drug-likeness (QED) is 0.855. The summed E-state index contributed by atoms with van der Waals surface area (Å²) in [6.45, 7) is 1.78. The SMILES string of the molecule is COc1c(C)c(OC)c(OC)c(CO)c1I. The van der Waals surface area contributed by atoms with Gasteiger partial charge in [-0.05, 0) is 29.5 Å². The van der Waals surface area contributed by atoms with E-state index in [-0.39, 0.29) is 6.61 Å². The van der Waals surface area contributed by atoms with Gasteiger partial charge in [-0.15, -0.1) is 0 Å². The van der Waals surface area contributed by atoms with Gasteiger partial charge in [0, 0.05) is 11.1 Å². The number of methoxy groups -OCH3 is 3. The summed E-state index contributed by atoms with van der Waals surface area (Å²) in [6.07, 6.45) is 0. The zero-order chi connectivity index (χ0) is 12.3. The lowest BCUT2D eigenvalue weighted by Gasteiger charge is -2.19. The second kappa shape index (κ2) is 5.58. The maximum atomic E-state index is 9.37. The number of hydrogen-bond acceptors (Lipinski definition) is 4. The Balaban J connectivity index is 3.61. The molecule has 0 saturated carbocycles. The number of halogens is 1. The van der Waals surface area contributed by atoms with Crippen LogP contribution in [0, 0.1) is 10.5 Å². The van der Waals surface area contributed by atoms with Crippen molar-refractivity contribution >= 4 is 22.6 Å². The topological polar surface area (TPSA) is 47.9 Å². The third-order valence-corrected chi connectivity index (χ3v) is 3.54. The molecule has 0 heterocycles. The molecular weight excluding hydrogens is 323 g/mol. The van der Waals surface area contributed by atoms with Crippen LogP contribution in [0.1, 0.15) is 11.1 Å². The van der Waals surface area contributed by atoms with E-state index >= 15 is 0 Å². The molecule has 1 rings (SSSR count). The van der Waals surface area contributed by atoms with Crippen LogP contribution in [0.5, 0.6) is 17.2 Å². The van der Waals surface area contributed by atoms with Crippen molar-refractivity contribution in [3.05, 3.63) is 14.7 Å². The molecule has 1 aromatic carbocycles. The predicted octanol–water partition coefficient (Wildman–Crippen LogP) is 2.12. The Hall–Kier alpha value is -0.690. The fourth-order valence-corrected chi connectivity index (χ4v) is 2.70. The van der Waals surface area contributed by atoms with Gasteiger partial charge >= 0.3 is 0 Å². The van der Waals surface area contributed by atoms with E-state index in [0.29, 0.717) is 22.8 Å². The van der Waals surface area contributed by atoms with Gasteiger partial charge < -0.3 is 19.3 Å². The Morgan fingerprint density at radius 2 is 1.50 bits per heavy atom. The molecule has 0 saturated heterocycles. The van der Waals surface area contributed by atoms with Crippen molar-refractivity contribution in [1.82, 2.24) is 0 Å². The molecule has 0 bridgehead atoms. The zero-order valence-electron chi connectivity index (χ0n) is 9.76. The van der Waals surface area contributed by atoms with Crippen molar-refractivity contribution in [3.63, 3.8) is 0 Å². The van der Waals surface area contributed by atoms with Crippen LogP contribution in [0.15, 0.2) is 0 Å². The third-order valence-electron chi connectivity index (χ3n) is 2.40. The van der Waals surface area contributed by atoms with Gasteiger partial charge in [-0.25, -0.2) is 0 Å². The lowest BCUT2D eigenvalue weighted by atomic mass is 10.1. The molecule has 90 valence electrons. The van der Waals surface area contributed by atoms with Gasteiger partial charge in [0.2, 0.25) is 0 Å². The average Bonchev–Trinajstić information content (AvgIpc) is 2.29. The molecular formula is C11H15IO4.